The Morgan fingerprint density at radius 1 is 1.22 bits per heavy atom. The molecule has 18 heavy (non-hydrogen) atoms. The fourth-order valence-electron chi connectivity index (χ4n) is 1.67. The summed E-state index contributed by atoms with van der Waals surface area (Å²) in [6.45, 7) is 8.01. The number of carbonyl (C=O) groups excluding carboxylic acids is 1. The molecule has 1 amide bonds. The van der Waals surface area contributed by atoms with E-state index in [-0.39, 0.29) is 11.2 Å². The average molecular weight is 248 g/mol. The van der Waals surface area contributed by atoms with Gasteiger partial charge in [0.15, 0.2) is 0 Å². The van der Waals surface area contributed by atoms with Crippen LogP contribution in [-0.4, -0.2) is 29.7 Å². The lowest BCUT2D eigenvalue weighted by molar-refractivity contribution is -0.105. The second-order valence-electron chi connectivity index (χ2n) is 5.33. The Morgan fingerprint density at radius 3 is 2.28 bits per heavy atom. The third kappa shape index (κ3) is 2.26. The predicted octanol–water partition coefficient (Wildman–Crippen LogP) is 0.949. The monoisotopic (exact) mass is 248 g/mol. The van der Waals surface area contributed by atoms with Crippen molar-refractivity contribution in [3.8, 4) is 0 Å². The fourth-order valence-corrected chi connectivity index (χ4v) is 1.67. The van der Waals surface area contributed by atoms with Gasteiger partial charge in [0.2, 0.25) is 6.41 Å². The van der Waals surface area contributed by atoms with Gasteiger partial charge in [0.05, 0.1) is 11.2 Å². The highest BCUT2D eigenvalue weighted by Crippen LogP contribution is 2.36. The first-order valence-electron chi connectivity index (χ1n) is 5.87. The molecular weight excluding hydrogens is 231 g/mol. The maximum Gasteiger partial charge on any atom is 0.496 e. The van der Waals surface area contributed by atoms with Crippen LogP contribution in [0, 0.1) is 0 Å². The lowest BCUT2D eigenvalue weighted by Gasteiger charge is -2.32. The van der Waals surface area contributed by atoms with E-state index in [4.69, 9.17) is 9.31 Å². The molecule has 2 rings (SSSR count). The molecule has 1 aliphatic rings. The zero-order chi connectivity index (χ0) is 13.4. The van der Waals surface area contributed by atoms with Crippen molar-refractivity contribution in [2.45, 2.75) is 38.9 Å². The number of nitrogens with zero attached hydrogens (tertiary/aromatic N) is 1. The number of aromatic nitrogens is 1. The molecule has 0 unspecified atom stereocenters. The van der Waals surface area contributed by atoms with Crippen molar-refractivity contribution in [3.63, 3.8) is 0 Å². The molecule has 0 bridgehead atoms. The summed E-state index contributed by atoms with van der Waals surface area (Å²) >= 11 is 0. The Kier molecular flexibility index (Phi) is 3.17. The molecule has 2 heterocycles. The summed E-state index contributed by atoms with van der Waals surface area (Å²) in [5.41, 5.74) is 0.111. The van der Waals surface area contributed by atoms with Crippen LogP contribution in [0.4, 0.5) is 5.82 Å². The van der Waals surface area contributed by atoms with Crippen molar-refractivity contribution in [1.29, 1.82) is 0 Å². The third-order valence-electron chi connectivity index (χ3n) is 3.52. The minimum atomic E-state index is -0.423. The van der Waals surface area contributed by atoms with E-state index in [0.29, 0.717) is 12.2 Å². The second-order valence-corrected chi connectivity index (χ2v) is 5.33. The van der Waals surface area contributed by atoms with Gasteiger partial charge in [-0.1, -0.05) is 6.07 Å². The minimum absolute atomic E-state index is 0.364. The van der Waals surface area contributed by atoms with Gasteiger partial charge < -0.3 is 14.6 Å². The summed E-state index contributed by atoms with van der Waals surface area (Å²) in [5.74, 6) is 0.505. The van der Waals surface area contributed by atoms with Crippen molar-refractivity contribution >= 4 is 24.8 Å². The maximum absolute atomic E-state index is 10.3. The normalized spacial score (nSPS) is 20.8. The first-order valence-corrected chi connectivity index (χ1v) is 5.87. The number of rotatable bonds is 3. The van der Waals surface area contributed by atoms with E-state index in [0.717, 1.165) is 5.46 Å². The zero-order valence-corrected chi connectivity index (χ0v) is 11.1. The molecule has 0 aliphatic carbocycles. The molecule has 0 atom stereocenters. The maximum atomic E-state index is 10.3. The number of pyridine rings is 1. The van der Waals surface area contributed by atoms with E-state index in [1.807, 2.05) is 33.8 Å². The molecule has 1 aliphatic heterocycles. The quantitative estimate of drug-likeness (QED) is 0.639. The van der Waals surface area contributed by atoms with Crippen molar-refractivity contribution < 1.29 is 14.1 Å². The zero-order valence-electron chi connectivity index (χ0n) is 11.1. The number of hydrogen-bond donors (Lipinski definition) is 1. The molecule has 1 aromatic rings. The number of anilines is 1. The summed E-state index contributed by atoms with van der Waals surface area (Å²) in [7, 11) is -0.423. The molecule has 0 spiro atoms. The smallest absolute Gasteiger partial charge is 0.399 e. The highest BCUT2D eigenvalue weighted by molar-refractivity contribution is 6.62. The molecule has 1 saturated heterocycles. The van der Waals surface area contributed by atoms with Crippen LogP contribution < -0.4 is 10.8 Å². The molecule has 1 N–H and O–H groups in total. The molecular formula is C12H17BN2O3. The number of hydrogen-bond acceptors (Lipinski definition) is 4. The van der Waals surface area contributed by atoms with E-state index in [2.05, 4.69) is 10.3 Å². The summed E-state index contributed by atoms with van der Waals surface area (Å²) in [4.78, 5) is 14.4. The van der Waals surface area contributed by atoms with Crippen molar-refractivity contribution in [1.82, 2.24) is 4.98 Å². The van der Waals surface area contributed by atoms with Crippen molar-refractivity contribution in [3.05, 3.63) is 18.3 Å². The lowest BCUT2D eigenvalue weighted by atomic mass is 9.80. The van der Waals surface area contributed by atoms with Crippen LogP contribution in [-0.2, 0) is 14.1 Å². The van der Waals surface area contributed by atoms with Crippen LogP contribution in [0.5, 0.6) is 0 Å². The molecule has 0 saturated carbocycles. The molecule has 5 nitrogen and oxygen atoms in total. The Hall–Kier alpha value is -1.40. The van der Waals surface area contributed by atoms with Crippen molar-refractivity contribution in [2.24, 2.45) is 0 Å². The van der Waals surface area contributed by atoms with Crippen molar-refractivity contribution in [2.75, 3.05) is 5.32 Å². The summed E-state index contributed by atoms with van der Waals surface area (Å²) in [6, 6.07) is 3.55. The average Bonchev–Trinajstić information content (AvgIpc) is 2.50. The molecule has 0 radical (unpaired) electrons. The van der Waals surface area contributed by atoms with E-state index >= 15 is 0 Å². The Balaban J connectivity index is 2.17. The molecule has 6 heteroatoms. The van der Waals surface area contributed by atoms with E-state index in [1.54, 1.807) is 12.3 Å². The first-order chi connectivity index (χ1) is 8.36. The van der Waals surface area contributed by atoms with Crippen LogP contribution >= 0.6 is 0 Å². The van der Waals surface area contributed by atoms with Gasteiger partial charge in [-0.2, -0.15) is 0 Å². The van der Waals surface area contributed by atoms with Gasteiger partial charge in [0.25, 0.3) is 0 Å². The molecule has 96 valence electrons. The topological polar surface area (TPSA) is 60.5 Å². The first kappa shape index (κ1) is 13.0. The van der Waals surface area contributed by atoms with Crippen LogP contribution in [0.3, 0.4) is 0 Å². The van der Waals surface area contributed by atoms with E-state index < -0.39 is 7.12 Å². The summed E-state index contributed by atoms with van der Waals surface area (Å²) < 4.78 is 11.8. The van der Waals surface area contributed by atoms with Crippen LogP contribution in [0.2, 0.25) is 0 Å². The Morgan fingerprint density at radius 2 is 1.83 bits per heavy atom. The van der Waals surface area contributed by atoms with Gasteiger partial charge in [-0.15, -0.1) is 0 Å². The highest BCUT2D eigenvalue weighted by Gasteiger charge is 2.51. The summed E-state index contributed by atoms with van der Waals surface area (Å²) in [5, 5.41) is 2.48. The Labute approximate surface area is 107 Å². The molecule has 0 aromatic carbocycles. The van der Waals surface area contributed by atoms with Gasteiger partial charge in [-0.25, -0.2) is 4.98 Å². The standard InChI is InChI=1S/C12H17BN2O3/c1-11(2)12(3,4)18-13(17-11)9-5-6-10(14-7-9)15-8-16/h5-8H,1-4H3,(H,14,15,16). The van der Waals surface area contributed by atoms with E-state index in [9.17, 15) is 4.79 Å². The van der Waals surface area contributed by atoms with Crippen LogP contribution in [0.15, 0.2) is 18.3 Å². The number of nitrogens with one attached hydrogen (secondary N) is 1. The van der Waals surface area contributed by atoms with Gasteiger partial charge in [0, 0.05) is 11.7 Å². The van der Waals surface area contributed by atoms with Crippen LogP contribution in [0.25, 0.3) is 0 Å². The third-order valence-corrected chi connectivity index (χ3v) is 3.52. The Bertz CT molecular complexity index is 429. The fraction of sp³-hybridized carbons (Fsp3) is 0.500. The van der Waals surface area contributed by atoms with Gasteiger partial charge in [-0.05, 0) is 33.8 Å². The number of carbonyl (C=O) groups is 1. The largest absolute Gasteiger partial charge is 0.496 e. The van der Waals surface area contributed by atoms with Gasteiger partial charge in [-0.3, -0.25) is 4.79 Å². The van der Waals surface area contributed by atoms with Gasteiger partial charge >= 0.3 is 7.12 Å². The highest BCUT2D eigenvalue weighted by atomic mass is 16.7. The van der Waals surface area contributed by atoms with Crippen LogP contribution in [0.1, 0.15) is 27.7 Å². The SMILES string of the molecule is CC1(C)OB(c2ccc(NC=O)nc2)OC1(C)C. The predicted molar refractivity (Wildman–Crippen MR) is 69.6 cm³/mol. The second kappa shape index (κ2) is 4.37. The molecule has 1 aromatic heterocycles. The summed E-state index contributed by atoms with van der Waals surface area (Å²) in [6.07, 6.45) is 2.24. The lowest BCUT2D eigenvalue weighted by Crippen LogP contribution is -2.41. The van der Waals surface area contributed by atoms with Gasteiger partial charge in [0.1, 0.15) is 5.82 Å². The van der Waals surface area contributed by atoms with E-state index in [1.165, 1.54) is 0 Å². The number of amides is 1. The minimum Gasteiger partial charge on any atom is -0.399 e. The molecule has 1 fully saturated rings.